The summed E-state index contributed by atoms with van der Waals surface area (Å²) < 4.78 is 13.7. The van der Waals surface area contributed by atoms with Crippen LogP contribution in [0.5, 0.6) is 0 Å². The summed E-state index contributed by atoms with van der Waals surface area (Å²) >= 11 is 0. The number of hydrogen-bond acceptors (Lipinski definition) is 3. The van der Waals surface area contributed by atoms with Crippen molar-refractivity contribution in [2.45, 2.75) is 25.8 Å². The standard InChI is InChI=1S/C16H22FN3O2.ClH/c1-16(2,18)15(22)20-9-5-8-19(10-11-20)14(21)12-6-3-4-7-13(12)17;/h3-4,6-7H,5,8-11,18H2,1-2H3;1H. The van der Waals surface area contributed by atoms with E-state index in [1.54, 1.807) is 35.8 Å². The third-order valence-electron chi connectivity index (χ3n) is 3.73. The van der Waals surface area contributed by atoms with E-state index in [2.05, 4.69) is 0 Å². The van der Waals surface area contributed by atoms with Gasteiger partial charge >= 0.3 is 0 Å². The number of nitrogens with zero attached hydrogens (tertiary/aromatic N) is 2. The molecule has 0 saturated carbocycles. The van der Waals surface area contributed by atoms with Gasteiger partial charge in [-0.05, 0) is 32.4 Å². The number of hydrogen-bond donors (Lipinski definition) is 1. The minimum absolute atomic E-state index is 0. The molecule has 0 aromatic heterocycles. The van der Waals surface area contributed by atoms with Crippen LogP contribution in [0.15, 0.2) is 24.3 Å². The zero-order chi connectivity index (χ0) is 16.3. The first-order valence-electron chi connectivity index (χ1n) is 7.43. The van der Waals surface area contributed by atoms with Gasteiger partial charge < -0.3 is 15.5 Å². The molecule has 1 aromatic rings. The Hall–Kier alpha value is -1.66. The van der Waals surface area contributed by atoms with Crippen LogP contribution < -0.4 is 5.73 Å². The van der Waals surface area contributed by atoms with Crippen molar-refractivity contribution in [2.75, 3.05) is 26.2 Å². The first kappa shape index (κ1) is 19.4. The molecule has 0 bridgehead atoms. The number of nitrogens with two attached hydrogens (primary N) is 1. The van der Waals surface area contributed by atoms with Crippen LogP contribution in [0.2, 0.25) is 0 Å². The molecule has 1 fully saturated rings. The van der Waals surface area contributed by atoms with Crippen molar-refractivity contribution in [3.63, 3.8) is 0 Å². The molecule has 5 nitrogen and oxygen atoms in total. The third-order valence-corrected chi connectivity index (χ3v) is 3.73. The lowest BCUT2D eigenvalue weighted by Crippen LogP contribution is -2.52. The molecule has 7 heteroatoms. The van der Waals surface area contributed by atoms with Gasteiger partial charge in [-0.2, -0.15) is 0 Å². The Morgan fingerprint density at radius 1 is 1.09 bits per heavy atom. The highest BCUT2D eigenvalue weighted by atomic mass is 35.5. The number of halogens is 2. The van der Waals surface area contributed by atoms with E-state index in [1.807, 2.05) is 0 Å². The van der Waals surface area contributed by atoms with E-state index in [4.69, 9.17) is 5.73 Å². The van der Waals surface area contributed by atoms with Gasteiger partial charge in [-0.25, -0.2) is 4.39 Å². The Bertz CT molecular complexity index is 575. The van der Waals surface area contributed by atoms with Gasteiger partial charge in [-0.15, -0.1) is 12.4 Å². The van der Waals surface area contributed by atoms with Gasteiger partial charge in [0.1, 0.15) is 5.82 Å². The minimum atomic E-state index is -0.926. The molecule has 128 valence electrons. The predicted octanol–water partition coefficient (Wildman–Crippen LogP) is 1.66. The molecule has 0 atom stereocenters. The van der Waals surface area contributed by atoms with Gasteiger partial charge in [-0.3, -0.25) is 9.59 Å². The summed E-state index contributed by atoms with van der Waals surface area (Å²) in [5.74, 6) is -0.986. The SMILES string of the molecule is CC(C)(N)C(=O)N1CCCN(C(=O)c2ccccc2F)CC1.Cl. The Balaban J connectivity index is 0.00000264. The Morgan fingerprint density at radius 2 is 1.65 bits per heavy atom. The molecule has 2 amide bonds. The number of carbonyl (C=O) groups excluding carboxylic acids is 2. The summed E-state index contributed by atoms with van der Waals surface area (Å²) in [7, 11) is 0. The average Bonchev–Trinajstić information content (AvgIpc) is 2.71. The molecule has 2 N–H and O–H groups in total. The van der Waals surface area contributed by atoms with Crippen LogP contribution in [-0.2, 0) is 4.79 Å². The van der Waals surface area contributed by atoms with E-state index >= 15 is 0 Å². The predicted molar refractivity (Wildman–Crippen MR) is 89.0 cm³/mol. The molecule has 0 radical (unpaired) electrons. The van der Waals surface area contributed by atoms with Crippen LogP contribution in [0.1, 0.15) is 30.6 Å². The van der Waals surface area contributed by atoms with Crippen molar-refractivity contribution < 1.29 is 14.0 Å². The topological polar surface area (TPSA) is 66.6 Å². The lowest BCUT2D eigenvalue weighted by molar-refractivity contribution is -0.135. The molecule has 2 rings (SSSR count). The molecule has 1 heterocycles. The Morgan fingerprint density at radius 3 is 2.26 bits per heavy atom. The Kier molecular flexibility index (Phi) is 6.53. The van der Waals surface area contributed by atoms with E-state index in [1.165, 1.54) is 12.1 Å². The summed E-state index contributed by atoms with van der Waals surface area (Å²) in [5, 5.41) is 0. The summed E-state index contributed by atoms with van der Waals surface area (Å²) in [6, 6.07) is 5.95. The molecular formula is C16H23ClFN3O2. The van der Waals surface area contributed by atoms with Crippen molar-refractivity contribution in [3.05, 3.63) is 35.6 Å². The minimum Gasteiger partial charge on any atom is -0.339 e. The van der Waals surface area contributed by atoms with Crippen molar-refractivity contribution in [3.8, 4) is 0 Å². The average molecular weight is 344 g/mol. The van der Waals surface area contributed by atoms with Gasteiger partial charge in [0, 0.05) is 26.2 Å². The maximum Gasteiger partial charge on any atom is 0.256 e. The number of benzene rings is 1. The normalized spacial score (nSPS) is 15.7. The van der Waals surface area contributed by atoms with Gasteiger partial charge in [-0.1, -0.05) is 12.1 Å². The first-order valence-corrected chi connectivity index (χ1v) is 7.43. The van der Waals surface area contributed by atoms with Crippen LogP contribution in [0.3, 0.4) is 0 Å². The number of amides is 2. The highest BCUT2D eigenvalue weighted by Gasteiger charge is 2.30. The molecule has 1 aliphatic rings. The highest BCUT2D eigenvalue weighted by molar-refractivity contribution is 5.94. The van der Waals surface area contributed by atoms with Gasteiger partial charge in [0.25, 0.3) is 5.91 Å². The zero-order valence-electron chi connectivity index (χ0n) is 13.4. The Labute approximate surface area is 142 Å². The molecule has 1 saturated heterocycles. The fraction of sp³-hybridized carbons (Fsp3) is 0.500. The first-order chi connectivity index (χ1) is 10.3. The van der Waals surface area contributed by atoms with Crippen LogP contribution in [0, 0.1) is 5.82 Å². The fourth-order valence-electron chi connectivity index (χ4n) is 2.54. The quantitative estimate of drug-likeness (QED) is 0.888. The lowest BCUT2D eigenvalue weighted by Gasteiger charge is -2.28. The van der Waals surface area contributed by atoms with Crippen LogP contribution in [-0.4, -0.2) is 53.3 Å². The molecule has 1 aliphatic heterocycles. The number of rotatable bonds is 2. The van der Waals surface area contributed by atoms with E-state index < -0.39 is 11.4 Å². The molecule has 0 aliphatic carbocycles. The summed E-state index contributed by atoms with van der Waals surface area (Å²) in [4.78, 5) is 27.9. The lowest BCUT2D eigenvalue weighted by atomic mass is 10.1. The second-order valence-electron chi connectivity index (χ2n) is 6.14. The molecule has 1 aromatic carbocycles. The van der Waals surface area contributed by atoms with Gasteiger partial charge in [0.2, 0.25) is 5.91 Å². The number of carbonyl (C=O) groups is 2. The molecular weight excluding hydrogens is 321 g/mol. The monoisotopic (exact) mass is 343 g/mol. The van der Waals surface area contributed by atoms with Crippen molar-refractivity contribution in [1.29, 1.82) is 0 Å². The van der Waals surface area contributed by atoms with Crippen molar-refractivity contribution in [1.82, 2.24) is 9.80 Å². The van der Waals surface area contributed by atoms with E-state index in [-0.39, 0.29) is 29.8 Å². The second-order valence-corrected chi connectivity index (χ2v) is 6.14. The second kappa shape index (κ2) is 7.75. The summed E-state index contributed by atoms with van der Waals surface area (Å²) in [6.45, 7) is 5.20. The molecule has 0 spiro atoms. The smallest absolute Gasteiger partial charge is 0.256 e. The highest BCUT2D eigenvalue weighted by Crippen LogP contribution is 2.14. The largest absolute Gasteiger partial charge is 0.339 e. The van der Waals surface area contributed by atoms with Crippen LogP contribution in [0.4, 0.5) is 4.39 Å². The van der Waals surface area contributed by atoms with Gasteiger partial charge in [0.05, 0.1) is 11.1 Å². The maximum absolute atomic E-state index is 13.7. The van der Waals surface area contributed by atoms with Gasteiger partial charge in [0.15, 0.2) is 0 Å². The zero-order valence-corrected chi connectivity index (χ0v) is 14.2. The molecule has 0 unspecified atom stereocenters. The maximum atomic E-state index is 13.7. The molecule has 23 heavy (non-hydrogen) atoms. The van der Waals surface area contributed by atoms with E-state index in [0.717, 1.165) is 0 Å². The van der Waals surface area contributed by atoms with Crippen LogP contribution >= 0.6 is 12.4 Å². The third kappa shape index (κ3) is 4.65. The van der Waals surface area contributed by atoms with E-state index in [9.17, 15) is 14.0 Å². The fourth-order valence-corrected chi connectivity index (χ4v) is 2.54. The van der Waals surface area contributed by atoms with Crippen molar-refractivity contribution in [2.24, 2.45) is 5.73 Å². The summed E-state index contributed by atoms with van der Waals surface area (Å²) in [5.41, 5.74) is 4.99. The van der Waals surface area contributed by atoms with Crippen LogP contribution in [0.25, 0.3) is 0 Å². The summed E-state index contributed by atoms with van der Waals surface area (Å²) in [6.07, 6.45) is 0.655. The van der Waals surface area contributed by atoms with E-state index in [0.29, 0.717) is 32.6 Å². The van der Waals surface area contributed by atoms with Crippen molar-refractivity contribution >= 4 is 24.2 Å².